The molecule has 2 aliphatic heterocycles. The zero-order valence-corrected chi connectivity index (χ0v) is 26.9. The van der Waals surface area contributed by atoms with Crippen molar-refractivity contribution in [3.8, 4) is 16.9 Å². The number of aromatic nitrogens is 6. The van der Waals surface area contributed by atoms with Crippen molar-refractivity contribution in [3.63, 3.8) is 0 Å². The summed E-state index contributed by atoms with van der Waals surface area (Å²) in [5.74, 6) is 0.558. The quantitative estimate of drug-likeness (QED) is 0.285. The summed E-state index contributed by atoms with van der Waals surface area (Å²) in [5, 5.41) is 22.7. The zero-order valence-electron chi connectivity index (χ0n) is 26.9. The molecule has 47 heavy (non-hydrogen) atoms. The Morgan fingerprint density at radius 1 is 1.00 bits per heavy atom. The van der Waals surface area contributed by atoms with Gasteiger partial charge in [0, 0.05) is 48.7 Å². The lowest BCUT2D eigenvalue weighted by Crippen LogP contribution is -2.44. The van der Waals surface area contributed by atoms with Crippen molar-refractivity contribution >= 4 is 28.1 Å². The lowest BCUT2D eigenvalue weighted by atomic mass is 9.86. The van der Waals surface area contributed by atoms with Crippen molar-refractivity contribution in [1.82, 2.24) is 34.4 Å². The maximum absolute atomic E-state index is 15.4. The van der Waals surface area contributed by atoms with Gasteiger partial charge in [0.2, 0.25) is 0 Å². The van der Waals surface area contributed by atoms with Crippen LogP contribution in [0.4, 0.5) is 21.7 Å². The Hall–Kier alpha value is -5.01. The van der Waals surface area contributed by atoms with Crippen molar-refractivity contribution in [1.29, 1.82) is 0 Å². The smallest absolute Gasteiger partial charge is 0.290 e. The number of nitrogens with one attached hydrogen (secondary N) is 1. The molecule has 0 amide bonds. The summed E-state index contributed by atoms with van der Waals surface area (Å²) in [7, 11) is 3.67. The van der Waals surface area contributed by atoms with Gasteiger partial charge in [-0.2, -0.15) is 14.9 Å². The number of hydrogen-bond acceptors (Lipinski definition) is 10. The molecule has 13 heteroatoms. The van der Waals surface area contributed by atoms with Gasteiger partial charge >= 0.3 is 0 Å². The van der Waals surface area contributed by atoms with E-state index in [9.17, 15) is 14.7 Å². The molecule has 0 radical (unpaired) electrons. The van der Waals surface area contributed by atoms with E-state index in [1.807, 2.05) is 20.8 Å². The molecule has 5 heterocycles. The Morgan fingerprint density at radius 3 is 2.47 bits per heavy atom. The molecule has 3 aromatic heterocycles. The molecule has 2 aromatic carbocycles. The number of likely N-dealkylation sites (tertiary alicyclic amines) is 1. The Labute approximate surface area is 270 Å². The van der Waals surface area contributed by atoms with Crippen LogP contribution in [-0.2, 0) is 19.1 Å². The first kappa shape index (κ1) is 30.6. The fraction of sp³-hybridized carbons (Fsp3) is 0.353. The standard InChI is InChI=1S/C34H36FN9O3/c1-34(2,3)20-9-19-13-38-44(33(47)31(19)25(35)10-20)28-8-6-7-23(24(28)18-45)26-12-27(32(46)42(5)40-26)39-29-14-37-30(15-36-29)43-17-21-11-22(43)16-41(21)4/h6-10,12-15,21-22,45H,11,16-18H2,1-5H3,(H,36,39)/t21-,22?/m0/s1. The normalized spacial score (nSPS) is 18.0. The van der Waals surface area contributed by atoms with E-state index in [4.69, 9.17) is 0 Å². The molecule has 2 aliphatic rings. The van der Waals surface area contributed by atoms with Gasteiger partial charge in [-0.25, -0.2) is 19.0 Å². The van der Waals surface area contributed by atoms with Gasteiger partial charge in [-0.15, -0.1) is 0 Å². The minimum absolute atomic E-state index is 0.0919. The van der Waals surface area contributed by atoms with Crippen LogP contribution in [0.3, 0.4) is 0 Å². The number of piperazine rings is 1. The van der Waals surface area contributed by atoms with Gasteiger partial charge in [0.25, 0.3) is 11.1 Å². The first-order valence-corrected chi connectivity index (χ1v) is 15.5. The van der Waals surface area contributed by atoms with Crippen molar-refractivity contribution in [3.05, 3.63) is 92.6 Å². The minimum atomic E-state index is -0.654. The van der Waals surface area contributed by atoms with Gasteiger partial charge in [-0.1, -0.05) is 32.9 Å². The summed E-state index contributed by atoms with van der Waals surface area (Å²) in [6.45, 7) is 7.34. The average molecular weight is 638 g/mol. The average Bonchev–Trinajstić information content (AvgIpc) is 3.62. The third kappa shape index (κ3) is 5.34. The highest BCUT2D eigenvalue weighted by Gasteiger charge is 2.42. The number of hydrogen-bond donors (Lipinski definition) is 2. The molecular weight excluding hydrogens is 601 g/mol. The second kappa shape index (κ2) is 11.4. The second-order valence-electron chi connectivity index (χ2n) is 13.4. The van der Waals surface area contributed by atoms with E-state index in [0.29, 0.717) is 40.1 Å². The van der Waals surface area contributed by atoms with E-state index in [2.05, 4.69) is 42.3 Å². The Morgan fingerprint density at radius 2 is 1.81 bits per heavy atom. The summed E-state index contributed by atoms with van der Waals surface area (Å²) in [5.41, 5.74) is 1.02. The molecule has 2 N–H and O–H groups in total. The number of halogens is 1. The van der Waals surface area contributed by atoms with Crippen LogP contribution in [0.15, 0.2) is 64.6 Å². The maximum Gasteiger partial charge on any atom is 0.290 e. The van der Waals surface area contributed by atoms with Gasteiger partial charge in [0.15, 0.2) is 0 Å². The van der Waals surface area contributed by atoms with Crippen LogP contribution in [0.5, 0.6) is 0 Å². The Balaban J connectivity index is 1.23. The van der Waals surface area contributed by atoms with E-state index < -0.39 is 23.5 Å². The van der Waals surface area contributed by atoms with Crippen LogP contribution in [0.1, 0.15) is 38.3 Å². The van der Waals surface area contributed by atoms with Crippen molar-refractivity contribution in [2.45, 2.75) is 51.3 Å². The number of aliphatic hydroxyl groups excluding tert-OH is 1. The number of fused-ring (bicyclic) bond motifs is 3. The fourth-order valence-electron chi connectivity index (χ4n) is 6.67. The van der Waals surface area contributed by atoms with E-state index >= 15 is 4.39 Å². The molecule has 1 unspecified atom stereocenters. The monoisotopic (exact) mass is 637 g/mol. The Bertz CT molecular complexity index is 2140. The number of aryl methyl sites for hydroxylation is 1. The number of nitrogens with zero attached hydrogens (tertiary/aromatic N) is 8. The molecule has 12 nitrogen and oxygen atoms in total. The molecule has 2 fully saturated rings. The molecule has 0 saturated carbocycles. The molecule has 0 spiro atoms. The summed E-state index contributed by atoms with van der Waals surface area (Å²) >= 11 is 0. The third-order valence-corrected chi connectivity index (χ3v) is 9.29. The molecule has 2 bridgehead atoms. The van der Waals surface area contributed by atoms with Crippen molar-refractivity contribution in [2.24, 2.45) is 7.05 Å². The van der Waals surface area contributed by atoms with Crippen molar-refractivity contribution in [2.75, 3.05) is 30.4 Å². The van der Waals surface area contributed by atoms with Crippen molar-refractivity contribution < 1.29 is 9.50 Å². The molecule has 7 rings (SSSR count). The number of likely N-dealkylation sites (N-methyl/N-ethyl adjacent to an activating group) is 1. The number of benzene rings is 2. The SMILES string of the molecule is CN1CC2C[C@H]1CN2c1cnc(Nc2cc(-c3cccc(-n4ncc5cc(C(C)(C)C)cc(F)c5c4=O)c3CO)nn(C)c2=O)cn1. The van der Waals surface area contributed by atoms with E-state index in [1.165, 1.54) is 24.0 Å². The lowest BCUT2D eigenvalue weighted by molar-refractivity contribution is 0.281. The molecule has 2 saturated heterocycles. The van der Waals surface area contributed by atoms with E-state index in [0.717, 1.165) is 35.6 Å². The molecule has 2 atom stereocenters. The van der Waals surface area contributed by atoms with Crippen LogP contribution in [0, 0.1) is 5.82 Å². The zero-order chi connectivity index (χ0) is 33.2. The van der Waals surface area contributed by atoms with Crippen LogP contribution in [0.2, 0.25) is 0 Å². The fourth-order valence-corrected chi connectivity index (χ4v) is 6.67. The highest BCUT2D eigenvalue weighted by molar-refractivity contribution is 5.83. The Kier molecular flexibility index (Phi) is 7.40. The first-order valence-electron chi connectivity index (χ1n) is 15.5. The first-order chi connectivity index (χ1) is 22.4. The second-order valence-corrected chi connectivity index (χ2v) is 13.4. The third-order valence-electron chi connectivity index (χ3n) is 9.29. The lowest BCUT2D eigenvalue weighted by Gasteiger charge is -2.32. The number of rotatable bonds is 6. The van der Waals surface area contributed by atoms with Crippen LogP contribution < -0.4 is 21.3 Å². The van der Waals surface area contributed by atoms with Gasteiger partial charge in [0.05, 0.1) is 42.0 Å². The summed E-state index contributed by atoms with van der Waals surface area (Å²) in [4.78, 5) is 40.5. The van der Waals surface area contributed by atoms with Gasteiger partial charge < -0.3 is 15.3 Å². The number of aliphatic hydroxyl groups is 1. The topological polar surface area (TPSA) is 134 Å². The minimum Gasteiger partial charge on any atom is -0.392 e. The predicted molar refractivity (Wildman–Crippen MR) is 178 cm³/mol. The van der Waals surface area contributed by atoms with Crippen LogP contribution >= 0.6 is 0 Å². The van der Waals surface area contributed by atoms with E-state index in [-0.39, 0.29) is 22.2 Å². The van der Waals surface area contributed by atoms with E-state index in [1.54, 1.807) is 42.7 Å². The summed E-state index contributed by atoms with van der Waals surface area (Å²) in [6, 6.07) is 10.7. The summed E-state index contributed by atoms with van der Waals surface area (Å²) in [6.07, 6.45) is 5.88. The molecule has 0 aliphatic carbocycles. The highest BCUT2D eigenvalue weighted by Crippen LogP contribution is 2.33. The van der Waals surface area contributed by atoms with Gasteiger partial charge in [0.1, 0.15) is 23.1 Å². The largest absolute Gasteiger partial charge is 0.392 e. The highest BCUT2D eigenvalue weighted by atomic mass is 19.1. The van der Waals surface area contributed by atoms with Gasteiger partial charge in [-0.05, 0) is 48.7 Å². The number of anilines is 3. The van der Waals surface area contributed by atoms with Crippen LogP contribution in [0.25, 0.3) is 27.7 Å². The maximum atomic E-state index is 15.4. The van der Waals surface area contributed by atoms with Gasteiger partial charge in [-0.3, -0.25) is 14.5 Å². The predicted octanol–water partition coefficient (Wildman–Crippen LogP) is 3.50. The molecule has 242 valence electrons. The molecular formula is C34H36FN9O3. The van der Waals surface area contributed by atoms with Crippen LogP contribution in [-0.4, -0.2) is 71.8 Å². The summed E-state index contributed by atoms with van der Waals surface area (Å²) < 4.78 is 17.6. The molecule has 5 aromatic rings.